The molecule has 2 heterocycles. The lowest BCUT2D eigenvalue weighted by atomic mass is 9.64. The summed E-state index contributed by atoms with van der Waals surface area (Å²) in [6.45, 7) is 0.226. The molecule has 1 saturated carbocycles. The number of alkyl halides is 3. The zero-order chi connectivity index (χ0) is 28.1. The van der Waals surface area contributed by atoms with Crippen LogP contribution in [0.3, 0.4) is 0 Å². The molecule has 1 spiro atoms. The van der Waals surface area contributed by atoms with Crippen LogP contribution in [0.25, 0.3) is 0 Å². The maximum Gasteiger partial charge on any atom is 0.416 e. The topological polar surface area (TPSA) is 70.2 Å². The van der Waals surface area contributed by atoms with E-state index >= 15 is 0 Å². The van der Waals surface area contributed by atoms with Gasteiger partial charge in [-0.1, -0.05) is 18.1 Å². The van der Waals surface area contributed by atoms with Crippen LogP contribution < -0.4 is 4.90 Å². The van der Waals surface area contributed by atoms with Crippen molar-refractivity contribution in [1.82, 2.24) is 9.80 Å². The Hall–Kier alpha value is -3.91. The Morgan fingerprint density at radius 2 is 1.82 bits per heavy atom. The Labute approximate surface area is 222 Å². The summed E-state index contributed by atoms with van der Waals surface area (Å²) in [7, 11) is 1.66. The van der Waals surface area contributed by atoms with Crippen molar-refractivity contribution in [3.8, 4) is 12.3 Å². The molecule has 0 unspecified atom stereocenters. The third-order valence-electron chi connectivity index (χ3n) is 7.81. The van der Waals surface area contributed by atoms with Crippen molar-refractivity contribution in [2.45, 2.75) is 37.1 Å². The SMILES string of the molecule is C#Cc1ccc(N2CC(=O)N(Cc3ccc(C(F)(F)F)cc3)C3(CC(C(=O)N(C)C4COC4)C3)C2=O)c(F)c1. The van der Waals surface area contributed by atoms with E-state index in [-0.39, 0.29) is 42.6 Å². The number of likely N-dealkylation sites (N-methyl/N-ethyl adjacent to an activating group) is 1. The Balaban J connectivity index is 1.45. The first-order chi connectivity index (χ1) is 18.4. The molecule has 1 aliphatic carbocycles. The van der Waals surface area contributed by atoms with Crippen LogP contribution in [0.1, 0.15) is 29.5 Å². The van der Waals surface area contributed by atoms with Gasteiger partial charge in [-0.3, -0.25) is 19.3 Å². The van der Waals surface area contributed by atoms with E-state index in [1.165, 1.54) is 29.2 Å². The van der Waals surface area contributed by atoms with Crippen molar-refractivity contribution in [3.05, 3.63) is 65.0 Å². The fourth-order valence-electron chi connectivity index (χ4n) is 5.37. The molecule has 0 bridgehead atoms. The highest BCUT2D eigenvalue weighted by Crippen LogP contribution is 2.48. The molecular formula is C28H25F4N3O4. The van der Waals surface area contributed by atoms with Crippen LogP contribution in [-0.4, -0.2) is 65.9 Å². The molecule has 3 amide bonds. The van der Waals surface area contributed by atoms with E-state index in [2.05, 4.69) is 5.92 Å². The van der Waals surface area contributed by atoms with Gasteiger partial charge >= 0.3 is 6.18 Å². The zero-order valence-electron chi connectivity index (χ0n) is 21.0. The average Bonchev–Trinajstić information content (AvgIpc) is 2.83. The number of benzene rings is 2. The first-order valence-corrected chi connectivity index (χ1v) is 12.3. The number of carbonyl (C=O) groups excluding carboxylic acids is 3. The van der Waals surface area contributed by atoms with Crippen LogP contribution in [0.15, 0.2) is 42.5 Å². The molecule has 2 saturated heterocycles. The first kappa shape index (κ1) is 26.7. The Bertz CT molecular complexity index is 1360. The van der Waals surface area contributed by atoms with Crippen molar-refractivity contribution in [3.63, 3.8) is 0 Å². The van der Waals surface area contributed by atoms with Gasteiger partial charge < -0.3 is 14.5 Å². The third kappa shape index (κ3) is 4.63. The molecule has 3 aliphatic rings. The van der Waals surface area contributed by atoms with Crippen molar-refractivity contribution >= 4 is 23.4 Å². The molecule has 2 aromatic rings. The van der Waals surface area contributed by atoms with E-state index < -0.39 is 47.4 Å². The zero-order valence-corrected chi connectivity index (χ0v) is 21.0. The monoisotopic (exact) mass is 543 g/mol. The molecule has 39 heavy (non-hydrogen) atoms. The van der Waals surface area contributed by atoms with Gasteiger partial charge in [-0.25, -0.2) is 4.39 Å². The van der Waals surface area contributed by atoms with Gasteiger partial charge in [0.15, 0.2) is 0 Å². The Morgan fingerprint density at radius 3 is 2.36 bits per heavy atom. The minimum absolute atomic E-state index is 0.00944. The van der Waals surface area contributed by atoms with Gasteiger partial charge in [0.1, 0.15) is 17.9 Å². The molecule has 204 valence electrons. The lowest BCUT2D eigenvalue weighted by molar-refractivity contribution is -0.170. The number of halogens is 4. The second-order valence-electron chi connectivity index (χ2n) is 10.2. The summed E-state index contributed by atoms with van der Waals surface area (Å²) >= 11 is 0. The highest BCUT2D eigenvalue weighted by atomic mass is 19.4. The van der Waals surface area contributed by atoms with Crippen molar-refractivity contribution in [2.75, 3.05) is 31.7 Å². The van der Waals surface area contributed by atoms with Crippen LogP contribution in [-0.2, 0) is 31.8 Å². The Kier molecular flexibility index (Phi) is 6.63. The van der Waals surface area contributed by atoms with Crippen LogP contribution in [0.5, 0.6) is 0 Å². The number of hydrogen-bond acceptors (Lipinski definition) is 4. The molecule has 0 N–H and O–H groups in total. The van der Waals surface area contributed by atoms with E-state index in [0.29, 0.717) is 18.8 Å². The number of nitrogens with zero attached hydrogens (tertiary/aromatic N) is 3. The maximum absolute atomic E-state index is 14.9. The highest BCUT2D eigenvalue weighted by molar-refractivity contribution is 6.10. The molecule has 11 heteroatoms. The minimum Gasteiger partial charge on any atom is -0.377 e. The fourth-order valence-corrected chi connectivity index (χ4v) is 5.37. The van der Waals surface area contributed by atoms with Gasteiger partial charge in [0.05, 0.1) is 30.5 Å². The number of piperazine rings is 1. The van der Waals surface area contributed by atoms with Gasteiger partial charge in [-0.05, 0) is 48.7 Å². The summed E-state index contributed by atoms with van der Waals surface area (Å²) in [5, 5.41) is 0. The van der Waals surface area contributed by atoms with Crippen molar-refractivity contribution < 1.29 is 36.7 Å². The number of rotatable bonds is 5. The largest absolute Gasteiger partial charge is 0.416 e. The maximum atomic E-state index is 14.9. The molecule has 2 aliphatic heterocycles. The van der Waals surface area contributed by atoms with Crippen LogP contribution in [0.4, 0.5) is 23.2 Å². The van der Waals surface area contributed by atoms with Crippen LogP contribution in [0.2, 0.25) is 0 Å². The quantitative estimate of drug-likeness (QED) is 0.429. The minimum atomic E-state index is -4.52. The van der Waals surface area contributed by atoms with Gasteiger partial charge in [-0.15, -0.1) is 6.42 Å². The molecule has 2 aromatic carbocycles. The summed E-state index contributed by atoms with van der Waals surface area (Å²) in [4.78, 5) is 44.5. The fraction of sp³-hybridized carbons (Fsp3) is 0.393. The van der Waals surface area contributed by atoms with E-state index in [1.807, 2.05) is 0 Å². The van der Waals surface area contributed by atoms with Crippen LogP contribution >= 0.6 is 0 Å². The molecule has 0 aromatic heterocycles. The first-order valence-electron chi connectivity index (χ1n) is 12.3. The van der Waals surface area contributed by atoms with E-state index in [0.717, 1.165) is 23.1 Å². The number of terminal acetylenes is 1. The van der Waals surface area contributed by atoms with Crippen molar-refractivity contribution in [1.29, 1.82) is 0 Å². The second kappa shape index (κ2) is 9.68. The standard InChI is InChI=1S/C28H25F4N3O4/c1-3-17-6-9-23(22(29)10-17)34-14-24(36)35(13-18-4-7-20(8-5-18)28(30,31)32)27(26(34)38)11-19(12-27)25(37)33(2)21-15-39-16-21/h1,4-10,19,21H,11-16H2,2H3. The number of carbonyl (C=O) groups is 3. The summed E-state index contributed by atoms with van der Waals surface area (Å²) < 4.78 is 59.2. The molecule has 7 nitrogen and oxygen atoms in total. The van der Waals surface area contributed by atoms with Gasteiger partial charge in [0.2, 0.25) is 11.8 Å². The predicted molar refractivity (Wildman–Crippen MR) is 132 cm³/mol. The normalized spacial score (nSPS) is 23.3. The molecule has 0 radical (unpaired) electrons. The van der Waals surface area contributed by atoms with Gasteiger partial charge in [0.25, 0.3) is 5.91 Å². The lowest BCUT2D eigenvalue weighted by Gasteiger charge is -2.57. The summed E-state index contributed by atoms with van der Waals surface area (Å²) in [6, 6.07) is 8.15. The molecule has 3 fully saturated rings. The average molecular weight is 544 g/mol. The predicted octanol–water partition coefficient (Wildman–Crippen LogP) is 3.21. The van der Waals surface area contributed by atoms with Crippen molar-refractivity contribution in [2.24, 2.45) is 5.92 Å². The highest BCUT2D eigenvalue weighted by Gasteiger charge is 2.62. The van der Waals surface area contributed by atoms with Gasteiger partial charge in [-0.2, -0.15) is 13.2 Å². The number of amides is 3. The summed E-state index contributed by atoms with van der Waals surface area (Å²) in [6.07, 6.45) is 0.834. The third-order valence-corrected chi connectivity index (χ3v) is 7.81. The second-order valence-corrected chi connectivity index (χ2v) is 10.2. The summed E-state index contributed by atoms with van der Waals surface area (Å²) in [5.74, 6) is -0.274. The molecular weight excluding hydrogens is 518 g/mol. The molecule has 0 atom stereocenters. The Morgan fingerprint density at radius 1 is 1.15 bits per heavy atom. The number of hydrogen-bond donors (Lipinski definition) is 0. The lowest BCUT2D eigenvalue weighted by Crippen LogP contribution is -2.74. The number of anilines is 1. The smallest absolute Gasteiger partial charge is 0.377 e. The molecule has 5 rings (SSSR count). The van der Waals surface area contributed by atoms with Gasteiger partial charge in [0, 0.05) is 25.1 Å². The van der Waals surface area contributed by atoms with E-state index in [9.17, 15) is 31.9 Å². The van der Waals surface area contributed by atoms with E-state index in [1.54, 1.807) is 11.9 Å². The van der Waals surface area contributed by atoms with E-state index in [4.69, 9.17) is 11.2 Å². The number of ether oxygens (including phenoxy) is 1. The summed E-state index contributed by atoms with van der Waals surface area (Å²) in [5.41, 5.74) is -1.74. The van der Waals surface area contributed by atoms with Crippen LogP contribution in [0, 0.1) is 24.1 Å².